The molecule has 0 saturated heterocycles. The van der Waals surface area contributed by atoms with Gasteiger partial charge in [0.05, 0.1) is 23.8 Å². The van der Waals surface area contributed by atoms with Crippen LogP contribution in [0, 0.1) is 19.3 Å². The van der Waals surface area contributed by atoms with Crippen LogP contribution in [0.25, 0.3) is 0 Å². The van der Waals surface area contributed by atoms with Crippen LogP contribution in [0.3, 0.4) is 0 Å². The van der Waals surface area contributed by atoms with Crippen molar-refractivity contribution in [2.24, 2.45) is 5.41 Å². The van der Waals surface area contributed by atoms with E-state index in [1.54, 1.807) is 6.92 Å². The zero-order chi connectivity index (χ0) is 20.8. The summed E-state index contributed by atoms with van der Waals surface area (Å²) in [6, 6.07) is 0. The van der Waals surface area contributed by atoms with E-state index in [1.165, 1.54) is 0 Å². The minimum absolute atomic E-state index is 0.0982. The van der Waals surface area contributed by atoms with Gasteiger partial charge in [-0.15, -0.1) is 0 Å². The zero-order valence-corrected chi connectivity index (χ0v) is 18.0. The minimum Gasteiger partial charge on any atom is -0.463 e. The number of aryl methyl sites for hydroxylation is 2. The Kier molecular flexibility index (Phi) is 5.26. The average Bonchev–Trinajstić information content (AvgIpc) is 2.86. The molecule has 3 rings (SSSR count). The van der Waals surface area contributed by atoms with Crippen molar-refractivity contribution < 1.29 is 14.3 Å². The summed E-state index contributed by atoms with van der Waals surface area (Å²) in [5, 5.41) is 8.01. The Morgan fingerprint density at radius 1 is 1.25 bits per heavy atom. The minimum atomic E-state index is -0.431. The number of allylic oxidation sites excluding steroid dienone is 3. The lowest BCUT2D eigenvalue weighted by Crippen LogP contribution is -2.39. The molecule has 1 aliphatic heterocycles. The number of nitrogens with one attached hydrogen (secondary N) is 1. The number of carbonyl (C=O) groups excluding carboxylic acids is 2. The maximum absolute atomic E-state index is 13.3. The quantitative estimate of drug-likeness (QED) is 0.800. The normalized spacial score (nSPS) is 21.5. The van der Waals surface area contributed by atoms with Crippen molar-refractivity contribution in [1.82, 2.24) is 15.1 Å². The number of hydrogen-bond acceptors (Lipinski definition) is 5. The van der Waals surface area contributed by atoms with Gasteiger partial charge < -0.3 is 10.1 Å². The van der Waals surface area contributed by atoms with Crippen LogP contribution in [0.1, 0.15) is 70.3 Å². The molecule has 0 saturated carbocycles. The van der Waals surface area contributed by atoms with Gasteiger partial charge in [0.25, 0.3) is 0 Å². The number of ether oxygens (including phenoxy) is 1. The van der Waals surface area contributed by atoms with Crippen molar-refractivity contribution >= 4 is 11.8 Å². The molecule has 2 heterocycles. The van der Waals surface area contributed by atoms with Gasteiger partial charge in [0.1, 0.15) is 0 Å². The fourth-order valence-electron chi connectivity index (χ4n) is 4.64. The van der Waals surface area contributed by atoms with Crippen LogP contribution in [0.15, 0.2) is 22.5 Å². The summed E-state index contributed by atoms with van der Waals surface area (Å²) in [7, 11) is 0. The smallest absolute Gasteiger partial charge is 0.336 e. The lowest BCUT2D eigenvalue weighted by molar-refractivity contribution is -0.138. The Hall–Kier alpha value is -2.37. The van der Waals surface area contributed by atoms with Crippen molar-refractivity contribution in [3.8, 4) is 0 Å². The molecule has 152 valence electrons. The fraction of sp³-hybridized carbons (Fsp3) is 0.591. The third-order valence-electron chi connectivity index (χ3n) is 5.76. The highest BCUT2D eigenvalue weighted by atomic mass is 16.5. The first-order chi connectivity index (χ1) is 13.1. The number of rotatable bonds is 4. The number of esters is 1. The third kappa shape index (κ3) is 3.29. The van der Waals surface area contributed by atoms with E-state index < -0.39 is 5.92 Å². The van der Waals surface area contributed by atoms with Gasteiger partial charge >= 0.3 is 5.97 Å². The Bertz CT molecular complexity index is 902. The predicted octanol–water partition coefficient (Wildman–Crippen LogP) is 3.69. The monoisotopic (exact) mass is 385 g/mol. The zero-order valence-electron chi connectivity index (χ0n) is 18.0. The SMILES string of the molecule is CCOC(=O)C1=C(C)NC2=C(C(=O)CC(C)(C)C2)[C@@H]1c1c(C)nn(CC)c1C. The molecule has 28 heavy (non-hydrogen) atoms. The molecule has 1 atom stereocenters. The molecular weight excluding hydrogens is 354 g/mol. The van der Waals surface area contributed by atoms with Crippen LogP contribution in [0.2, 0.25) is 0 Å². The number of nitrogens with zero attached hydrogens (tertiary/aromatic N) is 2. The molecule has 1 aliphatic carbocycles. The summed E-state index contributed by atoms with van der Waals surface area (Å²) < 4.78 is 7.31. The molecule has 0 unspecified atom stereocenters. The van der Waals surface area contributed by atoms with Crippen molar-refractivity contribution in [2.75, 3.05) is 6.61 Å². The number of Topliss-reactive ketones (excluding diaryl/α,β-unsaturated/α-hetero) is 1. The standard InChI is InChI=1S/C22H31N3O3/c1-8-25-14(5)17(13(4)24-25)20-18(21(27)28-9-2)12(3)23-15-10-22(6,7)11-16(26)19(15)20/h20,23H,8-11H2,1-7H3/t20-/m1/s1. The number of dihydropyridines is 1. The van der Waals surface area contributed by atoms with Crippen LogP contribution in [-0.4, -0.2) is 28.1 Å². The van der Waals surface area contributed by atoms with Gasteiger partial charge in [-0.25, -0.2) is 4.79 Å². The summed E-state index contributed by atoms with van der Waals surface area (Å²) >= 11 is 0. The Morgan fingerprint density at radius 3 is 2.50 bits per heavy atom. The van der Waals surface area contributed by atoms with Gasteiger partial charge in [-0.2, -0.15) is 5.10 Å². The molecule has 6 nitrogen and oxygen atoms in total. The number of ketones is 1. The van der Waals surface area contributed by atoms with Crippen LogP contribution in [0.4, 0.5) is 0 Å². The van der Waals surface area contributed by atoms with Crippen LogP contribution in [-0.2, 0) is 20.9 Å². The Balaban J connectivity index is 2.26. The second-order valence-electron chi connectivity index (χ2n) is 8.55. The van der Waals surface area contributed by atoms with Gasteiger partial charge in [0.15, 0.2) is 5.78 Å². The molecule has 1 aromatic heterocycles. The highest BCUT2D eigenvalue weighted by Gasteiger charge is 2.44. The van der Waals surface area contributed by atoms with Gasteiger partial charge in [0, 0.05) is 41.2 Å². The number of carbonyl (C=O) groups is 2. The summed E-state index contributed by atoms with van der Waals surface area (Å²) in [6.07, 6.45) is 1.25. The molecule has 6 heteroatoms. The maximum Gasteiger partial charge on any atom is 0.336 e. The van der Waals surface area contributed by atoms with E-state index in [1.807, 2.05) is 32.4 Å². The molecule has 0 radical (unpaired) electrons. The van der Waals surface area contributed by atoms with Crippen molar-refractivity contribution in [1.29, 1.82) is 0 Å². The topological polar surface area (TPSA) is 73.2 Å². The Morgan fingerprint density at radius 2 is 1.93 bits per heavy atom. The van der Waals surface area contributed by atoms with E-state index in [0.29, 0.717) is 24.2 Å². The first-order valence-electron chi connectivity index (χ1n) is 10.1. The summed E-state index contributed by atoms with van der Waals surface area (Å²) in [4.78, 5) is 26.2. The number of aromatic nitrogens is 2. The highest BCUT2D eigenvalue weighted by molar-refractivity contribution is 6.04. The largest absolute Gasteiger partial charge is 0.463 e. The predicted molar refractivity (Wildman–Crippen MR) is 108 cm³/mol. The van der Waals surface area contributed by atoms with Crippen molar-refractivity contribution in [3.63, 3.8) is 0 Å². The lowest BCUT2D eigenvalue weighted by Gasteiger charge is -2.39. The fourth-order valence-corrected chi connectivity index (χ4v) is 4.64. The molecular formula is C22H31N3O3. The Labute approximate surface area is 167 Å². The molecule has 1 aromatic rings. The van der Waals surface area contributed by atoms with Crippen LogP contribution >= 0.6 is 0 Å². The molecule has 1 N–H and O–H groups in total. The average molecular weight is 386 g/mol. The third-order valence-corrected chi connectivity index (χ3v) is 5.76. The molecule has 0 spiro atoms. The van der Waals surface area contributed by atoms with E-state index in [4.69, 9.17) is 4.74 Å². The molecule has 0 bridgehead atoms. The van der Waals surface area contributed by atoms with Crippen LogP contribution in [0.5, 0.6) is 0 Å². The maximum atomic E-state index is 13.3. The molecule has 2 aliphatic rings. The first kappa shape index (κ1) is 20.4. The molecule has 0 fully saturated rings. The van der Waals surface area contributed by atoms with Gasteiger partial charge in [-0.05, 0) is 46.5 Å². The van der Waals surface area contributed by atoms with Gasteiger partial charge in [-0.3, -0.25) is 9.48 Å². The molecule has 0 aromatic carbocycles. The second kappa shape index (κ2) is 7.22. The second-order valence-corrected chi connectivity index (χ2v) is 8.55. The molecule has 0 amide bonds. The van der Waals surface area contributed by atoms with E-state index in [2.05, 4.69) is 24.3 Å². The van der Waals surface area contributed by atoms with Gasteiger partial charge in [0.2, 0.25) is 0 Å². The van der Waals surface area contributed by atoms with E-state index in [-0.39, 0.29) is 17.2 Å². The first-order valence-corrected chi connectivity index (χ1v) is 10.1. The summed E-state index contributed by atoms with van der Waals surface area (Å²) in [5.41, 5.74) is 5.61. The lowest BCUT2D eigenvalue weighted by atomic mass is 9.68. The highest BCUT2D eigenvalue weighted by Crippen LogP contribution is 2.48. The van der Waals surface area contributed by atoms with Crippen molar-refractivity contribution in [2.45, 2.75) is 73.8 Å². The van der Waals surface area contributed by atoms with E-state index in [0.717, 1.165) is 41.3 Å². The summed E-state index contributed by atoms with van der Waals surface area (Å²) in [6.45, 7) is 14.9. The van der Waals surface area contributed by atoms with E-state index >= 15 is 0 Å². The van der Waals surface area contributed by atoms with E-state index in [9.17, 15) is 9.59 Å². The summed E-state index contributed by atoms with van der Waals surface area (Å²) in [5.74, 6) is -0.704. The number of hydrogen-bond donors (Lipinski definition) is 1. The van der Waals surface area contributed by atoms with Crippen molar-refractivity contribution in [3.05, 3.63) is 39.5 Å². The van der Waals surface area contributed by atoms with Gasteiger partial charge in [-0.1, -0.05) is 13.8 Å². The van der Waals surface area contributed by atoms with Crippen LogP contribution < -0.4 is 5.32 Å².